The second-order valence-electron chi connectivity index (χ2n) is 8.60. The largest absolute Gasteiger partial charge is 0.337 e. The highest BCUT2D eigenvalue weighted by atomic mass is 16.2. The van der Waals surface area contributed by atoms with Crippen molar-refractivity contribution in [1.82, 2.24) is 14.9 Å². The summed E-state index contributed by atoms with van der Waals surface area (Å²) < 4.78 is 0. The minimum absolute atomic E-state index is 0.213. The summed E-state index contributed by atoms with van der Waals surface area (Å²) in [4.78, 5) is 25.6. The summed E-state index contributed by atoms with van der Waals surface area (Å²) in [5.41, 5.74) is 2.69. The van der Waals surface area contributed by atoms with Gasteiger partial charge in [0.2, 0.25) is 5.95 Å². The van der Waals surface area contributed by atoms with Crippen molar-refractivity contribution in [3.05, 3.63) is 53.9 Å². The lowest BCUT2D eigenvalue weighted by Crippen LogP contribution is -2.88. The van der Waals surface area contributed by atoms with Crippen LogP contribution < -0.4 is 10.2 Å². The van der Waals surface area contributed by atoms with Gasteiger partial charge in [0.25, 0.3) is 5.91 Å². The molecule has 2 aromatic rings. The lowest BCUT2D eigenvalue weighted by Gasteiger charge is -2.34. The zero-order chi connectivity index (χ0) is 21.5. The summed E-state index contributed by atoms with van der Waals surface area (Å²) >= 11 is 0. The molecule has 162 valence electrons. The average molecular weight is 411 g/mol. The predicted molar refractivity (Wildman–Crippen MR) is 120 cm³/mol. The molecular formula is C24H36N5O+. The van der Waals surface area contributed by atoms with Gasteiger partial charge in [0.05, 0.1) is 0 Å². The van der Waals surface area contributed by atoms with Crippen molar-refractivity contribution < 1.29 is 10.1 Å². The van der Waals surface area contributed by atoms with Crippen molar-refractivity contribution in [2.45, 2.75) is 46.1 Å². The molecule has 2 heterocycles. The van der Waals surface area contributed by atoms with Crippen molar-refractivity contribution in [1.29, 1.82) is 0 Å². The molecule has 3 rings (SSSR count). The minimum atomic E-state index is 0.213. The van der Waals surface area contributed by atoms with E-state index in [1.54, 1.807) is 12.4 Å². The van der Waals surface area contributed by atoms with E-state index in [0.29, 0.717) is 24.4 Å². The molecule has 1 fully saturated rings. The summed E-state index contributed by atoms with van der Waals surface area (Å²) in [6.45, 7) is 12.4. The van der Waals surface area contributed by atoms with E-state index in [0.717, 1.165) is 38.5 Å². The third-order valence-electron chi connectivity index (χ3n) is 6.23. The predicted octanol–water partition coefficient (Wildman–Crippen LogP) is 2.60. The molecule has 0 spiro atoms. The van der Waals surface area contributed by atoms with Crippen LogP contribution in [-0.4, -0.2) is 53.5 Å². The van der Waals surface area contributed by atoms with Gasteiger partial charge >= 0.3 is 0 Å². The van der Waals surface area contributed by atoms with Crippen LogP contribution in [0.1, 0.15) is 57.2 Å². The molecule has 1 aliphatic rings. The Balaban J connectivity index is 1.53. The fraction of sp³-hybridized carbons (Fsp3) is 0.542. The zero-order valence-corrected chi connectivity index (χ0v) is 18.8. The summed E-state index contributed by atoms with van der Waals surface area (Å²) in [6, 6.07) is 11.1. The number of nitrogens with two attached hydrogens (primary N) is 1. The monoisotopic (exact) mass is 410 g/mol. The van der Waals surface area contributed by atoms with E-state index in [9.17, 15) is 4.79 Å². The fourth-order valence-corrected chi connectivity index (χ4v) is 4.04. The third kappa shape index (κ3) is 5.57. The molecule has 1 aromatic carbocycles. The van der Waals surface area contributed by atoms with Gasteiger partial charge in [-0.15, -0.1) is 0 Å². The number of carbonyl (C=O) groups excluding carboxylic acids is 1. The Morgan fingerprint density at radius 3 is 2.17 bits per heavy atom. The molecule has 1 aromatic heterocycles. The van der Waals surface area contributed by atoms with Crippen molar-refractivity contribution in [2.75, 3.05) is 37.6 Å². The van der Waals surface area contributed by atoms with Crippen molar-refractivity contribution >= 4 is 11.9 Å². The third-order valence-corrected chi connectivity index (χ3v) is 6.23. The lowest BCUT2D eigenvalue weighted by atomic mass is 9.92. The van der Waals surface area contributed by atoms with E-state index in [1.807, 2.05) is 11.0 Å². The van der Waals surface area contributed by atoms with Crippen molar-refractivity contribution in [2.24, 2.45) is 5.92 Å². The summed E-state index contributed by atoms with van der Waals surface area (Å²) in [6.07, 6.45) is 4.67. The first-order valence-corrected chi connectivity index (χ1v) is 11.2. The first-order valence-electron chi connectivity index (χ1n) is 11.2. The van der Waals surface area contributed by atoms with E-state index in [2.05, 4.69) is 72.1 Å². The number of aromatic nitrogens is 2. The quantitative estimate of drug-likeness (QED) is 0.726. The molecule has 6 nitrogen and oxygen atoms in total. The Morgan fingerprint density at radius 2 is 1.60 bits per heavy atom. The van der Waals surface area contributed by atoms with Gasteiger partial charge in [0.1, 0.15) is 6.04 Å². The van der Waals surface area contributed by atoms with Gasteiger partial charge in [-0.05, 0) is 24.0 Å². The number of benzene rings is 1. The molecule has 6 heteroatoms. The maximum Gasteiger partial charge on any atom is 0.277 e. The Morgan fingerprint density at radius 1 is 1.00 bits per heavy atom. The number of hydrogen-bond acceptors (Lipinski definition) is 4. The van der Waals surface area contributed by atoms with Crippen molar-refractivity contribution in [3.63, 3.8) is 0 Å². The van der Waals surface area contributed by atoms with Crippen LogP contribution in [0.3, 0.4) is 0 Å². The number of carbonyl (C=O) groups is 1. The number of anilines is 1. The Hall–Kier alpha value is -2.47. The van der Waals surface area contributed by atoms with Gasteiger partial charge in [0.15, 0.2) is 6.54 Å². The standard InChI is InChI=1S/C24H35N5O/c1-5-19(4)20-7-9-21(10-8-20)23(18(2)3)27-17-22(30)28-13-15-29(16-14-28)24-25-11-6-12-26-24/h6-12,18-19,23,27H,5,13-17H2,1-4H3/p+1/t19-,23+/m0/s1. The Bertz CT molecular complexity index is 785. The number of quaternary nitrogens is 1. The van der Waals surface area contributed by atoms with Crippen LogP contribution in [0.5, 0.6) is 0 Å². The van der Waals surface area contributed by atoms with Crippen LogP contribution >= 0.6 is 0 Å². The van der Waals surface area contributed by atoms with Gasteiger partial charge in [-0.1, -0.05) is 52.0 Å². The summed E-state index contributed by atoms with van der Waals surface area (Å²) in [5.74, 6) is 2.00. The number of rotatable bonds is 8. The molecule has 0 bridgehead atoms. The number of hydrogen-bond donors (Lipinski definition) is 1. The average Bonchev–Trinajstić information content (AvgIpc) is 2.79. The van der Waals surface area contributed by atoms with Crippen LogP contribution in [0.25, 0.3) is 0 Å². The smallest absolute Gasteiger partial charge is 0.277 e. The van der Waals surface area contributed by atoms with Gasteiger partial charge in [-0.25, -0.2) is 9.97 Å². The van der Waals surface area contributed by atoms with Crippen molar-refractivity contribution in [3.8, 4) is 0 Å². The van der Waals surface area contributed by atoms with Crippen LogP contribution in [0.15, 0.2) is 42.7 Å². The normalized spacial score (nSPS) is 16.6. The molecular weight excluding hydrogens is 374 g/mol. The van der Waals surface area contributed by atoms with Gasteiger partial charge < -0.3 is 15.1 Å². The first kappa shape index (κ1) is 22.2. The second kappa shape index (κ2) is 10.5. The summed E-state index contributed by atoms with van der Waals surface area (Å²) in [7, 11) is 0. The molecule has 1 aliphatic heterocycles. The van der Waals surface area contributed by atoms with Crippen LogP contribution in [0, 0.1) is 5.92 Å². The number of piperazine rings is 1. The lowest BCUT2D eigenvalue weighted by molar-refractivity contribution is -0.692. The Labute approximate surface area is 180 Å². The highest BCUT2D eigenvalue weighted by molar-refractivity contribution is 5.77. The molecule has 0 saturated carbocycles. The molecule has 2 atom stereocenters. The van der Waals surface area contributed by atoms with E-state index >= 15 is 0 Å². The second-order valence-corrected chi connectivity index (χ2v) is 8.60. The molecule has 2 N–H and O–H groups in total. The van der Waals surface area contributed by atoms with Crippen LogP contribution in [0.2, 0.25) is 0 Å². The highest BCUT2D eigenvalue weighted by Crippen LogP contribution is 2.23. The highest BCUT2D eigenvalue weighted by Gasteiger charge is 2.26. The number of amides is 1. The SMILES string of the molecule is CC[C@H](C)c1ccc([C@H]([NH2+]CC(=O)N2CCN(c3ncccn3)CC2)C(C)C)cc1. The molecule has 0 radical (unpaired) electrons. The zero-order valence-electron chi connectivity index (χ0n) is 18.8. The molecule has 1 amide bonds. The summed E-state index contributed by atoms with van der Waals surface area (Å²) in [5, 5.41) is 2.21. The van der Waals surface area contributed by atoms with Gasteiger partial charge in [-0.3, -0.25) is 4.79 Å². The Kier molecular flexibility index (Phi) is 7.80. The topological polar surface area (TPSA) is 65.9 Å². The molecule has 30 heavy (non-hydrogen) atoms. The van der Waals surface area contributed by atoms with E-state index in [1.165, 1.54) is 11.1 Å². The maximum absolute atomic E-state index is 12.8. The number of nitrogens with zero attached hydrogens (tertiary/aromatic N) is 4. The molecule has 1 saturated heterocycles. The molecule has 0 unspecified atom stereocenters. The van der Waals surface area contributed by atoms with E-state index in [4.69, 9.17) is 0 Å². The maximum atomic E-state index is 12.8. The minimum Gasteiger partial charge on any atom is -0.337 e. The first-order chi connectivity index (χ1) is 14.5. The fourth-order valence-electron chi connectivity index (χ4n) is 4.04. The molecule has 0 aliphatic carbocycles. The van der Waals surface area contributed by atoms with Crippen LogP contribution in [-0.2, 0) is 4.79 Å². The van der Waals surface area contributed by atoms with E-state index in [-0.39, 0.29) is 5.91 Å². The van der Waals surface area contributed by atoms with Gasteiger partial charge in [0, 0.05) is 50.1 Å². The van der Waals surface area contributed by atoms with E-state index < -0.39 is 0 Å². The van der Waals surface area contributed by atoms with Gasteiger partial charge in [-0.2, -0.15) is 0 Å². The van der Waals surface area contributed by atoms with Crippen LogP contribution in [0.4, 0.5) is 5.95 Å².